The molecule has 0 aromatic rings. The zero-order valence-corrected chi connectivity index (χ0v) is 11.3. The second kappa shape index (κ2) is 8.08. The van der Waals surface area contributed by atoms with Crippen molar-refractivity contribution in [2.75, 3.05) is 32.9 Å². The van der Waals surface area contributed by atoms with Crippen LogP contribution in [0.25, 0.3) is 0 Å². The van der Waals surface area contributed by atoms with E-state index in [4.69, 9.17) is 9.47 Å². The Bertz CT molecular complexity index is 272. The molecular formula is C13H23NO4. The number of hydrogen-bond acceptors (Lipinski definition) is 4. The summed E-state index contributed by atoms with van der Waals surface area (Å²) in [6.07, 6.45) is 1.84. The lowest BCUT2D eigenvalue weighted by Crippen LogP contribution is -2.41. The van der Waals surface area contributed by atoms with Crippen molar-refractivity contribution in [3.05, 3.63) is 0 Å². The predicted octanol–water partition coefficient (Wildman–Crippen LogP) is 1.21. The summed E-state index contributed by atoms with van der Waals surface area (Å²) in [6, 6.07) is 0. The standard InChI is InChI=1S/C13H23NO4/c1-3-17-10-7-12(15)14-8-5-11(6-9-14)13(16)18-4-2/h11H,3-10H2,1-2H3. The molecule has 18 heavy (non-hydrogen) atoms. The van der Waals surface area contributed by atoms with Crippen LogP contribution in [0, 0.1) is 5.92 Å². The Morgan fingerprint density at radius 2 is 1.83 bits per heavy atom. The minimum Gasteiger partial charge on any atom is -0.466 e. The number of carbonyl (C=O) groups excluding carboxylic acids is 2. The van der Waals surface area contributed by atoms with Crippen LogP contribution in [0.3, 0.4) is 0 Å². The van der Waals surface area contributed by atoms with Crippen LogP contribution in [-0.2, 0) is 19.1 Å². The van der Waals surface area contributed by atoms with E-state index in [2.05, 4.69) is 0 Å². The topological polar surface area (TPSA) is 55.8 Å². The molecule has 1 fully saturated rings. The fourth-order valence-electron chi connectivity index (χ4n) is 2.09. The van der Waals surface area contributed by atoms with E-state index in [-0.39, 0.29) is 17.8 Å². The Labute approximate surface area is 108 Å². The van der Waals surface area contributed by atoms with Gasteiger partial charge in [0.15, 0.2) is 0 Å². The third kappa shape index (κ3) is 4.64. The molecule has 0 aromatic heterocycles. The predicted molar refractivity (Wildman–Crippen MR) is 67.0 cm³/mol. The maximum absolute atomic E-state index is 11.8. The molecule has 0 atom stereocenters. The molecule has 0 radical (unpaired) electrons. The van der Waals surface area contributed by atoms with Gasteiger partial charge in [-0.2, -0.15) is 0 Å². The van der Waals surface area contributed by atoms with E-state index < -0.39 is 0 Å². The highest BCUT2D eigenvalue weighted by Gasteiger charge is 2.27. The minimum atomic E-state index is -0.126. The third-order valence-corrected chi connectivity index (χ3v) is 3.13. The zero-order valence-electron chi connectivity index (χ0n) is 11.3. The van der Waals surface area contributed by atoms with Gasteiger partial charge in [0.2, 0.25) is 5.91 Å². The first-order chi connectivity index (χ1) is 8.69. The van der Waals surface area contributed by atoms with Gasteiger partial charge in [-0.1, -0.05) is 0 Å². The second-order valence-corrected chi connectivity index (χ2v) is 4.35. The lowest BCUT2D eigenvalue weighted by Gasteiger charge is -2.30. The normalized spacial score (nSPS) is 16.7. The maximum atomic E-state index is 11.8. The van der Waals surface area contributed by atoms with Gasteiger partial charge in [0, 0.05) is 19.7 Å². The number of ether oxygens (including phenoxy) is 2. The number of carbonyl (C=O) groups is 2. The van der Waals surface area contributed by atoms with Gasteiger partial charge in [-0.05, 0) is 26.7 Å². The Balaban J connectivity index is 2.26. The highest BCUT2D eigenvalue weighted by atomic mass is 16.5. The van der Waals surface area contributed by atoms with Gasteiger partial charge in [0.25, 0.3) is 0 Å². The van der Waals surface area contributed by atoms with Crippen LogP contribution in [0.5, 0.6) is 0 Å². The van der Waals surface area contributed by atoms with Gasteiger partial charge < -0.3 is 14.4 Å². The van der Waals surface area contributed by atoms with Crippen LogP contribution in [-0.4, -0.2) is 49.7 Å². The first-order valence-electron chi connectivity index (χ1n) is 6.71. The number of nitrogens with zero attached hydrogens (tertiary/aromatic N) is 1. The Morgan fingerprint density at radius 3 is 2.39 bits per heavy atom. The largest absolute Gasteiger partial charge is 0.466 e. The molecule has 0 saturated carbocycles. The number of hydrogen-bond donors (Lipinski definition) is 0. The Morgan fingerprint density at radius 1 is 1.17 bits per heavy atom. The number of rotatable bonds is 6. The molecule has 0 spiro atoms. The molecule has 1 aliphatic rings. The summed E-state index contributed by atoms with van der Waals surface area (Å²) >= 11 is 0. The molecule has 104 valence electrons. The van der Waals surface area contributed by atoms with Gasteiger partial charge >= 0.3 is 5.97 Å². The van der Waals surface area contributed by atoms with Crippen molar-refractivity contribution in [2.45, 2.75) is 33.1 Å². The number of piperidine rings is 1. The van der Waals surface area contributed by atoms with Crippen LogP contribution >= 0.6 is 0 Å². The van der Waals surface area contributed by atoms with Crippen molar-refractivity contribution >= 4 is 11.9 Å². The highest BCUT2D eigenvalue weighted by Crippen LogP contribution is 2.19. The van der Waals surface area contributed by atoms with Gasteiger partial charge in [-0.25, -0.2) is 0 Å². The summed E-state index contributed by atoms with van der Waals surface area (Å²) in [5, 5.41) is 0. The van der Waals surface area contributed by atoms with Crippen LogP contribution in [0.4, 0.5) is 0 Å². The SMILES string of the molecule is CCOCCC(=O)N1CCC(C(=O)OCC)CC1. The molecule has 0 aromatic carbocycles. The van der Waals surface area contributed by atoms with E-state index >= 15 is 0 Å². The van der Waals surface area contributed by atoms with Crippen molar-refractivity contribution in [3.63, 3.8) is 0 Å². The van der Waals surface area contributed by atoms with E-state index in [1.807, 2.05) is 18.7 Å². The van der Waals surface area contributed by atoms with Crippen LogP contribution in [0.1, 0.15) is 33.1 Å². The van der Waals surface area contributed by atoms with Gasteiger partial charge in [0.1, 0.15) is 0 Å². The van der Waals surface area contributed by atoms with E-state index in [1.165, 1.54) is 0 Å². The van der Waals surface area contributed by atoms with Crippen LogP contribution in [0.2, 0.25) is 0 Å². The monoisotopic (exact) mass is 257 g/mol. The summed E-state index contributed by atoms with van der Waals surface area (Å²) in [5.74, 6) is -0.0504. The first-order valence-corrected chi connectivity index (χ1v) is 6.71. The van der Waals surface area contributed by atoms with E-state index in [1.54, 1.807) is 0 Å². The van der Waals surface area contributed by atoms with Crippen LogP contribution < -0.4 is 0 Å². The Kier molecular flexibility index (Phi) is 6.72. The van der Waals surface area contributed by atoms with Crippen molar-refractivity contribution in [1.29, 1.82) is 0 Å². The van der Waals surface area contributed by atoms with Gasteiger partial charge in [0.05, 0.1) is 25.6 Å². The molecule has 0 aliphatic carbocycles. The summed E-state index contributed by atoms with van der Waals surface area (Å²) < 4.78 is 10.2. The van der Waals surface area contributed by atoms with Crippen molar-refractivity contribution in [2.24, 2.45) is 5.92 Å². The van der Waals surface area contributed by atoms with Crippen molar-refractivity contribution in [1.82, 2.24) is 4.90 Å². The summed E-state index contributed by atoms with van der Waals surface area (Å²) in [6.45, 7) is 6.56. The zero-order chi connectivity index (χ0) is 13.4. The maximum Gasteiger partial charge on any atom is 0.309 e. The van der Waals surface area contributed by atoms with Gasteiger partial charge in [-0.3, -0.25) is 9.59 Å². The molecule has 5 heteroatoms. The highest BCUT2D eigenvalue weighted by molar-refractivity contribution is 5.77. The third-order valence-electron chi connectivity index (χ3n) is 3.13. The molecule has 1 saturated heterocycles. The van der Waals surface area contributed by atoms with Crippen LogP contribution in [0.15, 0.2) is 0 Å². The average molecular weight is 257 g/mol. The number of esters is 1. The van der Waals surface area contributed by atoms with E-state index in [0.717, 1.165) is 0 Å². The van der Waals surface area contributed by atoms with E-state index in [0.29, 0.717) is 52.2 Å². The molecule has 1 amide bonds. The van der Waals surface area contributed by atoms with Gasteiger partial charge in [-0.15, -0.1) is 0 Å². The molecule has 1 heterocycles. The number of likely N-dealkylation sites (tertiary alicyclic amines) is 1. The quantitative estimate of drug-likeness (QED) is 0.530. The Hall–Kier alpha value is -1.10. The van der Waals surface area contributed by atoms with Crippen molar-refractivity contribution in [3.8, 4) is 0 Å². The summed E-state index contributed by atoms with van der Waals surface area (Å²) in [7, 11) is 0. The molecule has 0 bridgehead atoms. The number of amides is 1. The van der Waals surface area contributed by atoms with Crippen molar-refractivity contribution < 1.29 is 19.1 Å². The molecule has 1 aliphatic heterocycles. The summed E-state index contributed by atoms with van der Waals surface area (Å²) in [4.78, 5) is 25.2. The molecular weight excluding hydrogens is 234 g/mol. The minimum absolute atomic E-state index is 0.0408. The average Bonchev–Trinajstić information content (AvgIpc) is 2.39. The lowest BCUT2D eigenvalue weighted by molar-refractivity contribution is -0.151. The second-order valence-electron chi connectivity index (χ2n) is 4.35. The smallest absolute Gasteiger partial charge is 0.309 e. The van der Waals surface area contributed by atoms with E-state index in [9.17, 15) is 9.59 Å². The molecule has 0 unspecified atom stereocenters. The molecule has 1 rings (SSSR count). The summed E-state index contributed by atoms with van der Waals surface area (Å²) in [5.41, 5.74) is 0. The molecule has 0 N–H and O–H groups in total. The fourth-order valence-corrected chi connectivity index (χ4v) is 2.09. The fraction of sp³-hybridized carbons (Fsp3) is 0.846. The lowest BCUT2D eigenvalue weighted by atomic mass is 9.97. The molecule has 5 nitrogen and oxygen atoms in total. The first kappa shape index (κ1) is 15.0.